The van der Waals surface area contributed by atoms with E-state index in [-0.39, 0.29) is 16.8 Å². The predicted octanol–water partition coefficient (Wildman–Crippen LogP) is 3.80. The van der Waals surface area contributed by atoms with Crippen LogP contribution in [-0.4, -0.2) is 62.7 Å². The quantitative estimate of drug-likeness (QED) is 0.760. The second kappa shape index (κ2) is 9.17. The van der Waals surface area contributed by atoms with E-state index >= 15 is 0 Å². The Morgan fingerprint density at radius 3 is 2.55 bits per heavy atom. The van der Waals surface area contributed by atoms with Crippen molar-refractivity contribution in [2.75, 3.05) is 18.8 Å². The Labute approximate surface area is 181 Å². The summed E-state index contributed by atoms with van der Waals surface area (Å²) in [6.45, 7) is 3.65. The van der Waals surface area contributed by atoms with Gasteiger partial charge in [-0.1, -0.05) is 17.7 Å². The molecule has 1 aromatic carbocycles. The molecule has 0 saturated carbocycles. The van der Waals surface area contributed by atoms with Crippen molar-refractivity contribution in [2.45, 2.75) is 30.4 Å². The summed E-state index contributed by atoms with van der Waals surface area (Å²) in [5.74, 6) is -0.817. The number of hydrogen-bond donors (Lipinski definition) is 1. The third-order valence-electron chi connectivity index (χ3n) is 4.87. The number of thioether (sulfide) groups is 1. The van der Waals surface area contributed by atoms with Crippen molar-refractivity contribution < 1.29 is 32.6 Å². The van der Waals surface area contributed by atoms with Gasteiger partial charge >= 0.3 is 12.1 Å². The Morgan fingerprint density at radius 1 is 1.26 bits per heavy atom. The third-order valence-corrected chi connectivity index (χ3v) is 6.44. The molecule has 0 aliphatic carbocycles. The molecule has 1 N–H and O–H groups in total. The number of rotatable bonds is 3. The number of nitrogens with zero attached hydrogens (tertiary/aromatic N) is 2. The Balaban J connectivity index is 0.000000339. The number of hydrogen-bond acceptors (Lipinski definition) is 5. The Hall–Kier alpha value is -2.75. The summed E-state index contributed by atoms with van der Waals surface area (Å²) in [7, 11) is 0. The number of alkyl halides is 3. The first kappa shape index (κ1) is 22.9. The zero-order chi connectivity index (χ0) is 22.6. The molecule has 1 aromatic heterocycles. The van der Waals surface area contributed by atoms with E-state index in [4.69, 9.17) is 14.6 Å². The number of carboxylic acid groups (broad SMARTS) is 1. The number of aliphatic carboxylic acids is 1. The number of carbonyl (C=O) groups is 2. The van der Waals surface area contributed by atoms with Gasteiger partial charge < -0.3 is 14.7 Å². The smallest absolute Gasteiger partial charge is 0.488 e. The molecule has 1 unspecified atom stereocenters. The highest BCUT2D eigenvalue weighted by atomic mass is 32.2. The Bertz CT molecular complexity index is 934. The van der Waals surface area contributed by atoms with Gasteiger partial charge in [0.1, 0.15) is 11.9 Å². The summed E-state index contributed by atoms with van der Waals surface area (Å²) in [5, 5.41) is 7.12. The van der Waals surface area contributed by atoms with Gasteiger partial charge in [0.15, 0.2) is 0 Å². The molecule has 2 saturated heterocycles. The topological polar surface area (TPSA) is 79.7 Å². The van der Waals surface area contributed by atoms with Crippen molar-refractivity contribution in [2.24, 2.45) is 0 Å². The molecule has 1 spiro atoms. The fraction of sp³-hybridized carbons (Fsp3) is 0.381. The number of aromatic nitrogens is 1. The summed E-state index contributed by atoms with van der Waals surface area (Å²) < 4.78 is 37.9. The number of ether oxygens (including phenoxy) is 1. The van der Waals surface area contributed by atoms with Gasteiger partial charge in [0.2, 0.25) is 0 Å². The normalized spacial score (nSPS) is 19.2. The molecular weight excluding hydrogens is 433 g/mol. The second-order valence-corrected chi connectivity index (χ2v) is 8.95. The van der Waals surface area contributed by atoms with Gasteiger partial charge in [-0.25, -0.2) is 4.79 Å². The first-order chi connectivity index (χ1) is 14.6. The van der Waals surface area contributed by atoms with Crippen LogP contribution in [0.1, 0.15) is 22.3 Å². The standard InChI is InChI=1S/C19H20N2O2S.C2HF3O2/c1-14-4-2-5-15(8-14)18(22)21-12-19(13-21)9-17(11-24-19)23-16-6-3-7-20-10-16;3-2(4,5)1(6)7/h2-8,10,17H,9,11-13H2,1H3;(H,6,7). The van der Waals surface area contributed by atoms with Gasteiger partial charge in [0.05, 0.1) is 10.9 Å². The van der Waals surface area contributed by atoms with Crippen LogP contribution in [0.4, 0.5) is 13.2 Å². The summed E-state index contributed by atoms with van der Waals surface area (Å²) in [4.78, 5) is 27.5. The molecule has 1 amide bonds. The van der Waals surface area contributed by atoms with Crippen LogP contribution in [0.25, 0.3) is 0 Å². The molecule has 0 bridgehead atoms. The highest BCUT2D eigenvalue weighted by Gasteiger charge is 2.51. The monoisotopic (exact) mass is 454 g/mol. The number of aryl methyl sites for hydroxylation is 1. The first-order valence-electron chi connectivity index (χ1n) is 9.45. The summed E-state index contributed by atoms with van der Waals surface area (Å²) in [6, 6.07) is 11.7. The number of carboxylic acids is 1. The third kappa shape index (κ3) is 5.90. The van der Waals surface area contributed by atoms with Crippen molar-refractivity contribution >= 4 is 23.6 Å². The van der Waals surface area contributed by atoms with Gasteiger partial charge in [0.25, 0.3) is 5.91 Å². The van der Waals surface area contributed by atoms with E-state index in [9.17, 15) is 18.0 Å². The maximum atomic E-state index is 12.6. The molecule has 2 aliphatic heterocycles. The zero-order valence-electron chi connectivity index (χ0n) is 16.6. The van der Waals surface area contributed by atoms with Crippen molar-refractivity contribution in [1.29, 1.82) is 0 Å². The molecule has 10 heteroatoms. The van der Waals surface area contributed by atoms with E-state index in [1.54, 1.807) is 12.4 Å². The van der Waals surface area contributed by atoms with Crippen LogP contribution < -0.4 is 4.74 Å². The number of amides is 1. The van der Waals surface area contributed by atoms with Crippen LogP contribution in [0, 0.1) is 6.92 Å². The van der Waals surface area contributed by atoms with E-state index in [1.165, 1.54) is 0 Å². The lowest BCUT2D eigenvalue weighted by Gasteiger charge is -2.47. The molecule has 2 fully saturated rings. The number of halogens is 3. The van der Waals surface area contributed by atoms with Crippen LogP contribution in [0.3, 0.4) is 0 Å². The molecule has 3 heterocycles. The number of carbonyl (C=O) groups excluding carboxylic acids is 1. The van der Waals surface area contributed by atoms with Crippen LogP contribution in [-0.2, 0) is 4.79 Å². The minimum atomic E-state index is -5.08. The molecule has 1 atom stereocenters. The van der Waals surface area contributed by atoms with Crippen molar-refractivity contribution in [3.63, 3.8) is 0 Å². The summed E-state index contributed by atoms with van der Waals surface area (Å²) in [5.41, 5.74) is 1.91. The number of likely N-dealkylation sites (tertiary alicyclic amines) is 1. The van der Waals surface area contributed by atoms with Gasteiger partial charge in [-0.2, -0.15) is 13.2 Å². The van der Waals surface area contributed by atoms with Crippen molar-refractivity contribution in [1.82, 2.24) is 9.88 Å². The average molecular weight is 454 g/mol. The number of pyridine rings is 1. The Morgan fingerprint density at radius 2 is 1.97 bits per heavy atom. The van der Waals surface area contributed by atoms with E-state index in [1.807, 2.05) is 60.0 Å². The molecule has 31 heavy (non-hydrogen) atoms. The molecule has 2 aromatic rings. The molecule has 166 valence electrons. The van der Waals surface area contributed by atoms with Gasteiger partial charge in [-0.05, 0) is 31.2 Å². The highest BCUT2D eigenvalue weighted by Crippen LogP contribution is 2.46. The first-order valence-corrected chi connectivity index (χ1v) is 10.4. The predicted molar refractivity (Wildman–Crippen MR) is 109 cm³/mol. The fourth-order valence-corrected chi connectivity index (χ4v) is 4.98. The molecule has 0 radical (unpaired) electrons. The van der Waals surface area contributed by atoms with E-state index in [0.29, 0.717) is 0 Å². The van der Waals surface area contributed by atoms with Crippen LogP contribution in [0.15, 0.2) is 48.8 Å². The SMILES string of the molecule is Cc1cccc(C(=O)N2CC3(CC(Oc4cccnc4)CS3)C2)c1.O=C(O)C(F)(F)F. The molecule has 4 rings (SSSR count). The van der Waals surface area contributed by atoms with Gasteiger partial charge in [0, 0.05) is 37.0 Å². The maximum Gasteiger partial charge on any atom is 0.490 e. The minimum Gasteiger partial charge on any atom is -0.488 e. The highest BCUT2D eigenvalue weighted by molar-refractivity contribution is 8.01. The van der Waals surface area contributed by atoms with E-state index in [2.05, 4.69) is 4.98 Å². The van der Waals surface area contributed by atoms with E-state index < -0.39 is 12.1 Å². The van der Waals surface area contributed by atoms with Crippen molar-refractivity contribution in [3.8, 4) is 5.75 Å². The summed E-state index contributed by atoms with van der Waals surface area (Å²) >= 11 is 1.94. The van der Waals surface area contributed by atoms with Crippen LogP contribution in [0.2, 0.25) is 0 Å². The Kier molecular flexibility index (Phi) is 6.78. The molecule has 6 nitrogen and oxygen atoms in total. The zero-order valence-corrected chi connectivity index (χ0v) is 17.4. The number of benzene rings is 1. The molecule has 2 aliphatic rings. The lowest BCUT2D eigenvalue weighted by molar-refractivity contribution is -0.192. The lowest BCUT2D eigenvalue weighted by Crippen LogP contribution is -2.60. The second-order valence-electron chi connectivity index (χ2n) is 7.46. The lowest BCUT2D eigenvalue weighted by atomic mass is 9.92. The molecular formula is C21H21F3N2O4S. The fourth-order valence-electron chi connectivity index (χ4n) is 3.46. The van der Waals surface area contributed by atoms with Crippen molar-refractivity contribution in [3.05, 3.63) is 59.9 Å². The maximum absolute atomic E-state index is 12.6. The van der Waals surface area contributed by atoms with Gasteiger partial charge in [-0.15, -0.1) is 11.8 Å². The summed E-state index contributed by atoms with van der Waals surface area (Å²) in [6.07, 6.45) is -0.387. The largest absolute Gasteiger partial charge is 0.490 e. The minimum absolute atomic E-state index is 0.140. The van der Waals surface area contributed by atoms with Crippen LogP contribution >= 0.6 is 11.8 Å². The van der Waals surface area contributed by atoms with Gasteiger partial charge in [-0.3, -0.25) is 9.78 Å². The average Bonchev–Trinajstić information content (AvgIpc) is 3.11. The van der Waals surface area contributed by atoms with Crippen LogP contribution in [0.5, 0.6) is 5.75 Å². The van der Waals surface area contributed by atoms with E-state index in [0.717, 1.165) is 42.1 Å².